The van der Waals surface area contributed by atoms with Crippen LogP contribution in [0.25, 0.3) is 10.9 Å². The van der Waals surface area contributed by atoms with Gasteiger partial charge >= 0.3 is 0 Å². The van der Waals surface area contributed by atoms with Gasteiger partial charge in [-0.25, -0.2) is 9.97 Å². The molecule has 0 unspecified atom stereocenters. The fourth-order valence-corrected chi connectivity index (χ4v) is 5.40. The van der Waals surface area contributed by atoms with Gasteiger partial charge in [0.2, 0.25) is 0 Å². The van der Waals surface area contributed by atoms with Gasteiger partial charge in [-0.1, -0.05) is 23.2 Å². The van der Waals surface area contributed by atoms with Crippen LogP contribution < -0.4 is 14.8 Å². The van der Waals surface area contributed by atoms with E-state index in [4.69, 9.17) is 37.4 Å². The Kier molecular flexibility index (Phi) is 6.48. The molecular weight excluding hydrogens is 471 g/mol. The van der Waals surface area contributed by atoms with Crippen molar-refractivity contribution < 1.29 is 14.2 Å². The number of nitrogens with zero attached hydrogens (tertiary/aromatic N) is 3. The molecule has 0 spiro atoms. The number of rotatable bonds is 6. The monoisotopic (exact) mass is 492 g/mol. The number of benzene rings is 2. The van der Waals surface area contributed by atoms with Crippen LogP contribution in [0, 0.1) is 0 Å². The van der Waals surface area contributed by atoms with Crippen LogP contribution in [-0.2, 0) is 4.74 Å². The molecule has 0 radical (unpaired) electrons. The van der Waals surface area contributed by atoms with Crippen LogP contribution in [0.1, 0.15) is 0 Å². The van der Waals surface area contributed by atoms with Gasteiger partial charge in [0.15, 0.2) is 11.5 Å². The van der Waals surface area contributed by atoms with Crippen molar-refractivity contribution in [2.75, 3.05) is 43.8 Å². The first kappa shape index (κ1) is 21.9. The summed E-state index contributed by atoms with van der Waals surface area (Å²) in [5.41, 5.74) is 1.51. The van der Waals surface area contributed by atoms with Crippen LogP contribution in [0.4, 0.5) is 11.5 Å². The molecule has 7 nitrogen and oxygen atoms in total. The Morgan fingerprint density at radius 2 is 2.09 bits per heavy atom. The minimum atomic E-state index is 0.0302. The summed E-state index contributed by atoms with van der Waals surface area (Å²) in [5, 5.41) is 5.03. The zero-order valence-corrected chi connectivity index (χ0v) is 19.7. The Morgan fingerprint density at radius 1 is 1.19 bits per heavy atom. The molecule has 0 amide bonds. The van der Waals surface area contributed by atoms with E-state index in [9.17, 15) is 0 Å². The molecule has 3 heterocycles. The quantitative estimate of drug-likeness (QED) is 0.523. The lowest BCUT2D eigenvalue weighted by atomic mass is 10.2. The second kappa shape index (κ2) is 9.49. The molecule has 2 aliphatic rings. The van der Waals surface area contributed by atoms with Gasteiger partial charge in [-0.2, -0.15) is 0 Å². The first-order valence-corrected chi connectivity index (χ1v) is 12.1. The highest BCUT2D eigenvalue weighted by Crippen LogP contribution is 2.36. The maximum Gasteiger partial charge on any atom is 0.163 e. The van der Waals surface area contributed by atoms with Crippen LogP contribution in [0.3, 0.4) is 0 Å². The lowest BCUT2D eigenvalue weighted by molar-refractivity contribution is -0.0629. The van der Waals surface area contributed by atoms with Crippen molar-refractivity contribution in [3.8, 4) is 11.5 Å². The third-order valence-corrected chi connectivity index (χ3v) is 7.45. The van der Waals surface area contributed by atoms with Crippen LogP contribution in [0.2, 0.25) is 10.0 Å². The zero-order valence-electron chi connectivity index (χ0n) is 17.4. The molecule has 2 atom stereocenters. The van der Waals surface area contributed by atoms with Gasteiger partial charge in [-0.15, -0.1) is 11.8 Å². The van der Waals surface area contributed by atoms with Gasteiger partial charge in [0, 0.05) is 41.4 Å². The van der Waals surface area contributed by atoms with Gasteiger partial charge in [-0.3, -0.25) is 4.90 Å². The number of halogens is 2. The second-order valence-electron chi connectivity index (χ2n) is 7.69. The Bertz CT molecular complexity index is 1140. The number of fused-ring (bicyclic) bond motifs is 2. The Morgan fingerprint density at radius 3 is 2.94 bits per heavy atom. The predicted octanol–water partition coefficient (Wildman–Crippen LogP) is 4.84. The first-order valence-electron chi connectivity index (χ1n) is 10.2. The summed E-state index contributed by atoms with van der Waals surface area (Å²) >= 11 is 14.1. The molecule has 2 fully saturated rings. The molecule has 3 aromatic rings. The SMILES string of the molecule is COc1cc2c(Nc3ccc(Cl)c(Cl)c3)ncnc2cc1OC[C@H]1CN2CSC[C@H]2CO1. The number of hydrogen-bond donors (Lipinski definition) is 1. The number of morpholine rings is 1. The maximum atomic E-state index is 6.14. The van der Waals surface area contributed by atoms with Crippen molar-refractivity contribution in [2.24, 2.45) is 0 Å². The summed E-state index contributed by atoms with van der Waals surface area (Å²) in [7, 11) is 1.62. The van der Waals surface area contributed by atoms with Crippen molar-refractivity contribution in [2.45, 2.75) is 12.1 Å². The molecular formula is C22H22Cl2N4O3S. The first-order chi connectivity index (χ1) is 15.6. The fraction of sp³-hybridized carbons (Fsp3) is 0.364. The highest BCUT2D eigenvalue weighted by Gasteiger charge is 2.33. The normalized spacial score (nSPS) is 20.8. The topological polar surface area (TPSA) is 68.7 Å². The minimum absolute atomic E-state index is 0.0302. The molecule has 0 aliphatic carbocycles. The fourth-order valence-electron chi connectivity index (χ4n) is 3.86. The van der Waals surface area contributed by atoms with E-state index in [0.717, 1.165) is 41.4 Å². The molecule has 2 aliphatic heterocycles. The largest absolute Gasteiger partial charge is 0.493 e. The van der Waals surface area contributed by atoms with E-state index in [1.807, 2.05) is 30.0 Å². The van der Waals surface area contributed by atoms with Crippen molar-refractivity contribution >= 4 is 57.4 Å². The van der Waals surface area contributed by atoms with E-state index in [2.05, 4.69) is 20.2 Å². The van der Waals surface area contributed by atoms with Gasteiger partial charge in [-0.05, 0) is 24.3 Å². The predicted molar refractivity (Wildman–Crippen MR) is 129 cm³/mol. The number of ether oxygens (including phenoxy) is 3. The zero-order chi connectivity index (χ0) is 22.1. The molecule has 168 valence electrons. The van der Waals surface area contributed by atoms with E-state index >= 15 is 0 Å². The summed E-state index contributed by atoms with van der Waals surface area (Å²) in [6, 6.07) is 9.60. The van der Waals surface area contributed by atoms with Gasteiger partial charge < -0.3 is 19.5 Å². The Balaban J connectivity index is 1.36. The molecule has 0 bridgehead atoms. The van der Waals surface area contributed by atoms with E-state index in [-0.39, 0.29) is 6.10 Å². The average molecular weight is 493 g/mol. The van der Waals surface area contributed by atoms with Crippen LogP contribution in [-0.4, -0.2) is 65.5 Å². The van der Waals surface area contributed by atoms with Crippen LogP contribution >= 0.6 is 35.0 Å². The molecule has 2 saturated heterocycles. The molecule has 32 heavy (non-hydrogen) atoms. The van der Waals surface area contributed by atoms with E-state index in [1.165, 1.54) is 6.33 Å². The Hall–Kier alpha value is -1.97. The maximum absolute atomic E-state index is 6.14. The third-order valence-electron chi connectivity index (χ3n) is 5.57. The average Bonchev–Trinajstić information content (AvgIpc) is 3.27. The minimum Gasteiger partial charge on any atom is -0.493 e. The number of aromatic nitrogens is 2. The lowest BCUT2D eigenvalue weighted by Gasteiger charge is -2.34. The summed E-state index contributed by atoms with van der Waals surface area (Å²) < 4.78 is 17.7. The van der Waals surface area contributed by atoms with Gasteiger partial charge in [0.25, 0.3) is 0 Å². The number of nitrogens with one attached hydrogen (secondary N) is 1. The molecule has 2 aromatic carbocycles. The molecule has 1 aromatic heterocycles. The number of thioether (sulfide) groups is 1. The summed E-state index contributed by atoms with van der Waals surface area (Å²) in [6.07, 6.45) is 1.54. The molecule has 1 N–H and O–H groups in total. The van der Waals surface area contributed by atoms with Crippen molar-refractivity contribution in [1.29, 1.82) is 0 Å². The lowest BCUT2D eigenvalue weighted by Crippen LogP contribution is -2.48. The summed E-state index contributed by atoms with van der Waals surface area (Å²) in [4.78, 5) is 11.3. The number of hydrogen-bond acceptors (Lipinski definition) is 8. The summed E-state index contributed by atoms with van der Waals surface area (Å²) in [6.45, 7) is 2.09. The van der Waals surface area contributed by atoms with Crippen LogP contribution in [0.15, 0.2) is 36.7 Å². The molecule has 0 saturated carbocycles. The Labute approximate surface area is 200 Å². The molecule has 5 rings (SSSR count). The number of methoxy groups -OCH3 is 1. The van der Waals surface area contributed by atoms with Gasteiger partial charge in [0.05, 0.1) is 29.3 Å². The standard InChI is InChI=1S/C22H22Cl2N4O3S/c1-29-20-5-16-19(25-11-26-22(16)27-13-2-3-17(23)18(24)4-13)6-21(20)31-9-15-7-28-12-32-10-14(28)8-30-15/h2-6,11,14-15H,7-10,12H2,1H3,(H,25,26,27)/t14-,15-/m1/s1. The third kappa shape index (κ3) is 4.56. The summed E-state index contributed by atoms with van der Waals surface area (Å²) in [5.74, 6) is 4.07. The van der Waals surface area contributed by atoms with E-state index < -0.39 is 0 Å². The number of anilines is 2. The second-order valence-corrected chi connectivity index (χ2v) is 9.50. The van der Waals surface area contributed by atoms with E-state index in [0.29, 0.717) is 40.0 Å². The van der Waals surface area contributed by atoms with Gasteiger partial charge in [0.1, 0.15) is 24.9 Å². The van der Waals surface area contributed by atoms with Crippen molar-refractivity contribution in [3.63, 3.8) is 0 Å². The highest BCUT2D eigenvalue weighted by atomic mass is 35.5. The molecule has 10 heteroatoms. The van der Waals surface area contributed by atoms with E-state index in [1.54, 1.807) is 19.2 Å². The highest BCUT2D eigenvalue weighted by molar-refractivity contribution is 7.99. The van der Waals surface area contributed by atoms with Crippen LogP contribution in [0.5, 0.6) is 11.5 Å². The smallest absolute Gasteiger partial charge is 0.163 e. The van der Waals surface area contributed by atoms with Crippen molar-refractivity contribution in [3.05, 3.63) is 46.7 Å². The van der Waals surface area contributed by atoms with Crippen molar-refractivity contribution in [1.82, 2.24) is 14.9 Å².